The Hall–Kier alpha value is -1.59. The van der Waals surface area contributed by atoms with E-state index in [0.717, 1.165) is 0 Å². The highest BCUT2D eigenvalue weighted by Crippen LogP contribution is 2.67. The van der Waals surface area contributed by atoms with E-state index in [2.05, 4.69) is 5.73 Å². The van der Waals surface area contributed by atoms with E-state index >= 15 is 4.39 Å². The zero-order valence-electron chi connectivity index (χ0n) is 15.5. The molecule has 4 aliphatic rings. The van der Waals surface area contributed by atoms with Crippen molar-refractivity contribution in [1.29, 1.82) is 0 Å². The van der Waals surface area contributed by atoms with E-state index in [0.29, 0.717) is 24.8 Å². The van der Waals surface area contributed by atoms with E-state index in [-0.39, 0.29) is 23.7 Å². The van der Waals surface area contributed by atoms with Crippen LogP contribution in [0.2, 0.25) is 0 Å². The number of hydrogen-bond donors (Lipinski definition) is 3. The van der Waals surface area contributed by atoms with Gasteiger partial charge in [-0.25, -0.2) is 4.39 Å². The van der Waals surface area contributed by atoms with E-state index in [1.807, 2.05) is 0 Å². The molecule has 3 N–H and O–H groups in total. The van der Waals surface area contributed by atoms with Gasteiger partial charge in [0.05, 0.1) is 6.10 Å². The van der Waals surface area contributed by atoms with E-state index in [9.17, 15) is 24.9 Å². The second-order valence-corrected chi connectivity index (χ2v) is 8.88. The summed E-state index contributed by atoms with van der Waals surface area (Å²) in [6.07, 6.45) is 2.45. The summed E-state index contributed by atoms with van der Waals surface area (Å²) in [6.45, 7) is 2.70. The Morgan fingerprint density at radius 2 is 2.11 bits per heavy atom. The molecule has 0 heterocycles. The average Bonchev–Trinajstić information content (AvgIpc) is 2.82. The maximum absolute atomic E-state index is 16.4. The molecule has 7 atom stereocenters. The van der Waals surface area contributed by atoms with Crippen LogP contribution in [0.25, 0.3) is 0 Å². The van der Waals surface area contributed by atoms with Crippen LogP contribution in [0.15, 0.2) is 29.0 Å². The Bertz CT molecular complexity index is 824. The third-order valence-electron chi connectivity index (χ3n) is 7.81. The fourth-order valence-corrected chi connectivity index (χ4v) is 6.53. The molecule has 0 aliphatic heterocycles. The number of ketones is 2. The highest BCUT2D eigenvalue weighted by Gasteiger charge is 2.73. The molecule has 146 valence electrons. The van der Waals surface area contributed by atoms with Crippen molar-refractivity contribution in [2.45, 2.75) is 56.9 Å². The van der Waals surface area contributed by atoms with Crippen molar-refractivity contribution in [3.05, 3.63) is 29.0 Å². The molecule has 4 aliphatic carbocycles. The molecule has 0 aromatic rings. The van der Waals surface area contributed by atoms with Crippen molar-refractivity contribution >= 4 is 11.6 Å². The second kappa shape index (κ2) is 5.71. The number of carbonyl (C=O) groups excluding carboxylic acids is 2. The number of allylic oxidation sites excluding steroid dienone is 2. The Morgan fingerprint density at radius 3 is 2.78 bits per heavy atom. The quantitative estimate of drug-likeness (QED) is 0.634. The molecular weight excluding hydrogens is 351 g/mol. The van der Waals surface area contributed by atoms with Gasteiger partial charge in [-0.3, -0.25) is 9.59 Å². The van der Waals surface area contributed by atoms with Gasteiger partial charge in [0, 0.05) is 23.0 Å². The van der Waals surface area contributed by atoms with Gasteiger partial charge in [-0.15, -0.1) is 5.73 Å². The third-order valence-corrected chi connectivity index (χ3v) is 7.81. The van der Waals surface area contributed by atoms with Crippen molar-refractivity contribution in [2.24, 2.45) is 23.2 Å². The molecule has 0 aromatic carbocycles. The standard InChI is InChI=1S/C21H25FO5/c1-11-7-16-15-5-3-12-8-13(24)4-6-14(12)20(15,22)17(25)9-19(16,2)21(11,27)18(26)10-23/h4,8,11,15-17,23,25,27H,3,5,7,9-10H2,1-2H3. The SMILES string of the molecule is CC1CC2C3CCC4=CC(=O)C=C=C4C3(F)C(O)CC2(C)C1(O)C(=O)CO. The first-order chi connectivity index (χ1) is 12.6. The van der Waals surface area contributed by atoms with Crippen LogP contribution in [0.1, 0.15) is 39.5 Å². The van der Waals surface area contributed by atoms with Gasteiger partial charge in [0.2, 0.25) is 0 Å². The zero-order chi connectivity index (χ0) is 19.8. The van der Waals surface area contributed by atoms with Gasteiger partial charge in [-0.2, -0.15) is 0 Å². The minimum Gasteiger partial charge on any atom is -0.389 e. The smallest absolute Gasteiger partial charge is 0.190 e. The maximum Gasteiger partial charge on any atom is 0.190 e. The lowest BCUT2D eigenvalue weighted by Gasteiger charge is -2.57. The number of aliphatic hydroxyl groups excluding tert-OH is 2. The monoisotopic (exact) mass is 376 g/mol. The van der Waals surface area contributed by atoms with Gasteiger partial charge in [-0.1, -0.05) is 13.8 Å². The predicted octanol–water partition coefficient (Wildman–Crippen LogP) is 1.41. The zero-order valence-corrected chi connectivity index (χ0v) is 15.5. The summed E-state index contributed by atoms with van der Waals surface area (Å²) in [7, 11) is 0. The van der Waals surface area contributed by atoms with Crippen LogP contribution in [0, 0.1) is 23.2 Å². The highest BCUT2D eigenvalue weighted by atomic mass is 19.1. The summed E-state index contributed by atoms with van der Waals surface area (Å²) in [5.74, 6) is -2.26. The number of hydrogen-bond acceptors (Lipinski definition) is 5. The number of aliphatic hydroxyl groups is 3. The van der Waals surface area contributed by atoms with E-state index in [1.54, 1.807) is 13.8 Å². The van der Waals surface area contributed by atoms with Gasteiger partial charge < -0.3 is 15.3 Å². The van der Waals surface area contributed by atoms with E-state index in [4.69, 9.17) is 0 Å². The molecule has 4 rings (SSSR count). The minimum absolute atomic E-state index is 0.0936. The van der Waals surface area contributed by atoms with E-state index in [1.165, 1.54) is 12.2 Å². The van der Waals surface area contributed by atoms with Crippen molar-refractivity contribution in [3.63, 3.8) is 0 Å². The Balaban J connectivity index is 1.84. The molecule has 5 nitrogen and oxygen atoms in total. The number of Topliss-reactive ketones (excluding diaryl/α,β-unsaturated/α-hetero) is 1. The highest BCUT2D eigenvalue weighted by molar-refractivity contribution is 6.01. The summed E-state index contributed by atoms with van der Waals surface area (Å²) >= 11 is 0. The molecule has 27 heavy (non-hydrogen) atoms. The van der Waals surface area contributed by atoms with Crippen LogP contribution in [-0.2, 0) is 9.59 Å². The van der Waals surface area contributed by atoms with Crippen LogP contribution in [0.5, 0.6) is 0 Å². The first-order valence-electron chi connectivity index (χ1n) is 9.56. The van der Waals surface area contributed by atoms with E-state index < -0.39 is 47.0 Å². The molecule has 0 spiro atoms. The fraction of sp³-hybridized carbons (Fsp3) is 0.667. The average molecular weight is 376 g/mol. The Kier molecular flexibility index (Phi) is 3.97. The first kappa shape index (κ1) is 18.8. The van der Waals surface area contributed by atoms with Crippen LogP contribution >= 0.6 is 0 Å². The van der Waals surface area contributed by atoms with Crippen molar-refractivity contribution in [3.8, 4) is 0 Å². The molecule has 0 radical (unpaired) electrons. The van der Waals surface area contributed by atoms with Gasteiger partial charge in [0.15, 0.2) is 17.2 Å². The number of carbonyl (C=O) groups is 2. The number of halogens is 1. The van der Waals surface area contributed by atoms with Gasteiger partial charge in [-0.05, 0) is 49.2 Å². The summed E-state index contributed by atoms with van der Waals surface area (Å²) in [4.78, 5) is 24.1. The Morgan fingerprint density at radius 1 is 1.41 bits per heavy atom. The fourth-order valence-electron chi connectivity index (χ4n) is 6.53. The minimum atomic E-state index is -2.06. The molecule has 3 saturated carbocycles. The first-order valence-corrected chi connectivity index (χ1v) is 9.56. The third kappa shape index (κ3) is 2.10. The van der Waals surface area contributed by atoms with Crippen molar-refractivity contribution in [2.75, 3.05) is 6.61 Å². The molecule has 0 aromatic heterocycles. The summed E-state index contributed by atoms with van der Waals surface area (Å²) in [5.41, 5.74) is -1.29. The summed E-state index contributed by atoms with van der Waals surface area (Å²) in [6, 6.07) is 0. The Labute approximate surface area is 157 Å². The normalized spacial score (nSPS) is 48.3. The molecule has 7 unspecified atom stereocenters. The molecular formula is C21H25FO5. The maximum atomic E-state index is 16.4. The number of rotatable bonds is 2. The summed E-state index contributed by atoms with van der Waals surface area (Å²) < 4.78 is 16.4. The molecule has 0 bridgehead atoms. The van der Waals surface area contributed by atoms with Crippen LogP contribution in [-0.4, -0.2) is 50.9 Å². The molecule has 3 fully saturated rings. The molecule has 6 heteroatoms. The topological polar surface area (TPSA) is 94.8 Å². The lowest BCUT2D eigenvalue weighted by atomic mass is 9.50. The lowest BCUT2D eigenvalue weighted by molar-refractivity contribution is -0.190. The van der Waals surface area contributed by atoms with Crippen molar-refractivity contribution < 1.29 is 29.3 Å². The summed E-state index contributed by atoms with van der Waals surface area (Å²) in [5, 5.41) is 31.6. The lowest BCUT2D eigenvalue weighted by Crippen LogP contribution is -2.65. The molecule has 0 amide bonds. The van der Waals surface area contributed by atoms with Crippen LogP contribution in [0.3, 0.4) is 0 Å². The number of fused-ring (bicyclic) bond motifs is 5. The van der Waals surface area contributed by atoms with Crippen LogP contribution < -0.4 is 0 Å². The molecule has 0 saturated heterocycles. The van der Waals surface area contributed by atoms with Gasteiger partial charge in [0.25, 0.3) is 0 Å². The van der Waals surface area contributed by atoms with Gasteiger partial charge in [0.1, 0.15) is 12.2 Å². The number of alkyl halides is 1. The predicted molar refractivity (Wildman–Crippen MR) is 94.3 cm³/mol. The second-order valence-electron chi connectivity index (χ2n) is 8.88. The van der Waals surface area contributed by atoms with Crippen LogP contribution in [0.4, 0.5) is 4.39 Å². The van der Waals surface area contributed by atoms with Crippen molar-refractivity contribution in [1.82, 2.24) is 0 Å². The largest absolute Gasteiger partial charge is 0.389 e. The van der Waals surface area contributed by atoms with Gasteiger partial charge >= 0.3 is 0 Å².